The molecule has 1 heterocycles. The van der Waals surface area contributed by atoms with Gasteiger partial charge in [0.05, 0.1) is 0 Å². The SMILES string of the molecule is CC(C)CCNSc1cccc(Nc2ccc(NC(=O)c3ccccn3)cc2)c1. The van der Waals surface area contributed by atoms with Crippen LogP contribution in [0.5, 0.6) is 0 Å². The molecule has 1 aromatic heterocycles. The predicted octanol–water partition coefficient (Wildman–Crippen LogP) is 5.72. The van der Waals surface area contributed by atoms with Gasteiger partial charge in [-0.1, -0.05) is 26.0 Å². The zero-order valence-corrected chi connectivity index (χ0v) is 17.5. The van der Waals surface area contributed by atoms with E-state index in [9.17, 15) is 4.79 Å². The molecule has 5 nitrogen and oxygen atoms in total. The highest BCUT2D eigenvalue weighted by Crippen LogP contribution is 2.23. The number of hydrogen-bond acceptors (Lipinski definition) is 5. The number of benzene rings is 2. The Hall–Kier alpha value is -2.83. The average Bonchev–Trinajstić information content (AvgIpc) is 2.73. The van der Waals surface area contributed by atoms with Gasteiger partial charge < -0.3 is 10.6 Å². The van der Waals surface area contributed by atoms with Crippen LogP contribution in [0.1, 0.15) is 30.8 Å². The number of aromatic nitrogens is 1. The van der Waals surface area contributed by atoms with Gasteiger partial charge in [-0.2, -0.15) is 0 Å². The van der Waals surface area contributed by atoms with Gasteiger partial charge in [0.1, 0.15) is 5.69 Å². The van der Waals surface area contributed by atoms with Crippen molar-refractivity contribution in [3.63, 3.8) is 0 Å². The molecule has 1 amide bonds. The van der Waals surface area contributed by atoms with E-state index < -0.39 is 0 Å². The van der Waals surface area contributed by atoms with Gasteiger partial charge in [-0.05, 0) is 78.9 Å². The zero-order valence-electron chi connectivity index (χ0n) is 16.7. The molecular formula is C23H26N4OS. The van der Waals surface area contributed by atoms with Gasteiger partial charge >= 0.3 is 0 Å². The maximum atomic E-state index is 12.2. The van der Waals surface area contributed by atoms with E-state index >= 15 is 0 Å². The predicted molar refractivity (Wildman–Crippen MR) is 122 cm³/mol. The third-order valence-corrected chi connectivity index (χ3v) is 5.01. The van der Waals surface area contributed by atoms with Gasteiger partial charge in [0.15, 0.2) is 0 Å². The summed E-state index contributed by atoms with van der Waals surface area (Å²) in [7, 11) is 0. The first kappa shape index (κ1) is 20.9. The van der Waals surface area contributed by atoms with Crippen molar-refractivity contribution in [1.82, 2.24) is 9.71 Å². The lowest BCUT2D eigenvalue weighted by atomic mass is 10.1. The molecule has 0 bridgehead atoms. The molecule has 0 aliphatic rings. The van der Waals surface area contributed by atoms with Crippen LogP contribution in [0, 0.1) is 5.92 Å². The summed E-state index contributed by atoms with van der Waals surface area (Å²) in [6.07, 6.45) is 2.77. The Morgan fingerprint density at radius 2 is 1.76 bits per heavy atom. The Bertz CT molecular complexity index is 914. The van der Waals surface area contributed by atoms with Crippen LogP contribution in [0.3, 0.4) is 0 Å². The number of carbonyl (C=O) groups excluding carboxylic acids is 1. The molecule has 3 rings (SSSR count). The number of nitrogens with one attached hydrogen (secondary N) is 3. The molecule has 0 aliphatic heterocycles. The molecule has 0 spiro atoms. The maximum absolute atomic E-state index is 12.2. The van der Waals surface area contributed by atoms with Crippen molar-refractivity contribution in [3.8, 4) is 0 Å². The monoisotopic (exact) mass is 406 g/mol. The lowest BCUT2D eigenvalue weighted by Crippen LogP contribution is -2.13. The third-order valence-electron chi connectivity index (χ3n) is 4.18. The van der Waals surface area contributed by atoms with Crippen molar-refractivity contribution in [3.05, 3.63) is 78.6 Å². The number of rotatable bonds is 9. The van der Waals surface area contributed by atoms with E-state index in [0.29, 0.717) is 11.6 Å². The number of carbonyl (C=O) groups is 1. The highest BCUT2D eigenvalue weighted by molar-refractivity contribution is 7.97. The number of amides is 1. The fourth-order valence-electron chi connectivity index (χ4n) is 2.62. The summed E-state index contributed by atoms with van der Waals surface area (Å²) in [5.74, 6) is 0.480. The Morgan fingerprint density at radius 1 is 0.966 bits per heavy atom. The lowest BCUT2D eigenvalue weighted by molar-refractivity contribution is 0.102. The van der Waals surface area contributed by atoms with Gasteiger partial charge in [0.25, 0.3) is 5.91 Å². The van der Waals surface area contributed by atoms with Crippen molar-refractivity contribution in [1.29, 1.82) is 0 Å². The Morgan fingerprint density at radius 3 is 2.48 bits per heavy atom. The minimum Gasteiger partial charge on any atom is -0.355 e. The van der Waals surface area contributed by atoms with Crippen molar-refractivity contribution in [2.45, 2.75) is 25.2 Å². The minimum absolute atomic E-state index is 0.221. The summed E-state index contributed by atoms with van der Waals surface area (Å²) in [6.45, 7) is 5.45. The largest absolute Gasteiger partial charge is 0.355 e. The third kappa shape index (κ3) is 6.93. The molecule has 3 aromatic rings. The zero-order chi connectivity index (χ0) is 20.5. The van der Waals surface area contributed by atoms with Gasteiger partial charge in [-0.3, -0.25) is 14.5 Å². The Kier molecular flexibility index (Phi) is 7.67. The molecule has 0 radical (unpaired) electrons. The van der Waals surface area contributed by atoms with Gasteiger partial charge in [-0.25, -0.2) is 0 Å². The van der Waals surface area contributed by atoms with Gasteiger partial charge in [0, 0.05) is 34.7 Å². The highest BCUT2D eigenvalue weighted by atomic mass is 32.2. The number of pyridine rings is 1. The van der Waals surface area contributed by atoms with Crippen molar-refractivity contribution in [2.75, 3.05) is 17.2 Å². The molecule has 0 saturated heterocycles. The van der Waals surface area contributed by atoms with Crippen LogP contribution in [-0.2, 0) is 0 Å². The summed E-state index contributed by atoms with van der Waals surface area (Å²) in [5, 5.41) is 6.25. The van der Waals surface area contributed by atoms with Gasteiger partial charge in [-0.15, -0.1) is 0 Å². The first-order valence-electron chi connectivity index (χ1n) is 9.69. The van der Waals surface area contributed by atoms with Crippen LogP contribution in [0.15, 0.2) is 77.8 Å². The van der Waals surface area contributed by atoms with Crippen LogP contribution in [0.25, 0.3) is 0 Å². The van der Waals surface area contributed by atoms with E-state index in [1.54, 1.807) is 36.3 Å². The standard InChI is InChI=1S/C23H26N4OS/c1-17(2)13-15-25-29-21-7-5-6-20(16-21)26-18-9-11-19(12-10-18)27-23(28)22-8-3-4-14-24-22/h3-12,14,16-17,25-26H,13,15H2,1-2H3,(H,27,28). The molecule has 0 saturated carbocycles. The molecule has 3 N–H and O–H groups in total. The second kappa shape index (κ2) is 10.6. The second-order valence-electron chi connectivity index (χ2n) is 7.08. The van der Waals surface area contributed by atoms with Crippen LogP contribution < -0.4 is 15.4 Å². The molecule has 0 fully saturated rings. The number of hydrogen-bond donors (Lipinski definition) is 3. The smallest absolute Gasteiger partial charge is 0.274 e. The summed E-state index contributed by atoms with van der Waals surface area (Å²) in [4.78, 5) is 17.4. The Balaban J connectivity index is 1.54. The second-order valence-corrected chi connectivity index (χ2v) is 8.04. The van der Waals surface area contributed by atoms with E-state index in [1.807, 2.05) is 36.4 Å². The minimum atomic E-state index is -0.221. The van der Waals surface area contributed by atoms with Crippen LogP contribution in [0.2, 0.25) is 0 Å². The van der Waals surface area contributed by atoms with E-state index in [1.165, 1.54) is 0 Å². The molecule has 2 aromatic carbocycles. The number of anilines is 3. The normalized spacial score (nSPS) is 10.7. The number of nitrogens with zero attached hydrogens (tertiary/aromatic N) is 1. The first-order valence-corrected chi connectivity index (χ1v) is 10.5. The van der Waals surface area contributed by atoms with E-state index in [0.717, 1.165) is 34.9 Å². The van der Waals surface area contributed by atoms with Crippen LogP contribution in [-0.4, -0.2) is 17.4 Å². The van der Waals surface area contributed by atoms with E-state index in [-0.39, 0.29) is 5.91 Å². The van der Waals surface area contributed by atoms with Crippen molar-refractivity contribution >= 4 is 34.9 Å². The molecule has 6 heteroatoms. The topological polar surface area (TPSA) is 66.0 Å². The molecule has 0 unspecified atom stereocenters. The summed E-state index contributed by atoms with van der Waals surface area (Å²) >= 11 is 1.65. The Labute approximate surface area is 176 Å². The van der Waals surface area contributed by atoms with Crippen molar-refractivity contribution < 1.29 is 4.79 Å². The van der Waals surface area contributed by atoms with E-state index in [2.05, 4.69) is 46.3 Å². The fourth-order valence-corrected chi connectivity index (χ4v) is 3.33. The summed E-state index contributed by atoms with van der Waals surface area (Å²) in [5.41, 5.74) is 3.09. The average molecular weight is 407 g/mol. The quantitative estimate of drug-likeness (QED) is 0.313. The van der Waals surface area contributed by atoms with Crippen LogP contribution in [0.4, 0.5) is 17.1 Å². The highest BCUT2D eigenvalue weighted by Gasteiger charge is 2.06. The summed E-state index contributed by atoms with van der Waals surface area (Å²) in [6, 6.07) is 21.2. The molecule has 150 valence electrons. The van der Waals surface area contributed by atoms with Crippen molar-refractivity contribution in [2.24, 2.45) is 5.92 Å². The molecule has 0 aliphatic carbocycles. The van der Waals surface area contributed by atoms with E-state index in [4.69, 9.17) is 0 Å². The molecular weight excluding hydrogens is 380 g/mol. The molecule has 0 atom stereocenters. The fraction of sp³-hybridized carbons (Fsp3) is 0.217. The van der Waals surface area contributed by atoms with Gasteiger partial charge in [0.2, 0.25) is 0 Å². The lowest BCUT2D eigenvalue weighted by Gasteiger charge is -2.10. The first-order chi connectivity index (χ1) is 14.1. The summed E-state index contributed by atoms with van der Waals surface area (Å²) < 4.78 is 3.41. The maximum Gasteiger partial charge on any atom is 0.274 e. The van der Waals surface area contributed by atoms with Crippen LogP contribution >= 0.6 is 11.9 Å². The molecule has 29 heavy (non-hydrogen) atoms.